The fourth-order valence-corrected chi connectivity index (χ4v) is 2.59. The van der Waals surface area contributed by atoms with Crippen LogP contribution in [0.5, 0.6) is 0 Å². The molecule has 2 aromatic heterocycles. The van der Waals surface area contributed by atoms with Crippen molar-refractivity contribution in [2.24, 2.45) is 13.0 Å². The van der Waals surface area contributed by atoms with Gasteiger partial charge in [0, 0.05) is 26.0 Å². The molecule has 1 atom stereocenters. The van der Waals surface area contributed by atoms with Crippen LogP contribution in [0.2, 0.25) is 0 Å². The summed E-state index contributed by atoms with van der Waals surface area (Å²) in [5.41, 5.74) is 2.29. The van der Waals surface area contributed by atoms with Gasteiger partial charge in [0.25, 0.3) is 0 Å². The molecule has 22 heavy (non-hydrogen) atoms. The normalized spacial score (nSPS) is 15.8. The molecule has 7 nitrogen and oxygen atoms in total. The Balaban J connectivity index is 1.69. The van der Waals surface area contributed by atoms with Crippen LogP contribution in [0.15, 0.2) is 12.3 Å². The van der Waals surface area contributed by atoms with Gasteiger partial charge < -0.3 is 15.3 Å². The number of carbonyl (C=O) groups is 1. The fraction of sp³-hybridized carbons (Fsp3) is 0.533. The molecular formula is C15H21N5O2. The number of rotatable bonds is 4. The number of aryl methyl sites for hydroxylation is 2. The van der Waals surface area contributed by atoms with E-state index in [0.717, 1.165) is 29.6 Å². The van der Waals surface area contributed by atoms with Crippen LogP contribution in [0.1, 0.15) is 18.5 Å². The maximum absolute atomic E-state index is 12.2. The first-order valence-corrected chi connectivity index (χ1v) is 7.45. The van der Waals surface area contributed by atoms with Crippen LogP contribution < -0.4 is 5.32 Å². The Labute approximate surface area is 128 Å². The zero-order valence-electron chi connectivity index (χ0n) is 13.1. The molecule has 2 aromatic rings. The highest BCUT2D eigenvalue weighted by atomic mass is 16.3. The van der Waals surface area contributed by atoms with Crippen LogP contribution in [0.25, 0.3) is 11.0 Å². The minimum absolute atomic E-state index is 0.248. The standard InChI is InChI=1S/C15H21N5O2/c1-9-12-6-11(7-16-14(12)20(3)18-9)17-15(22)19(2)8-13(21)10-4-5-10/h6-7,10,13,21H,4-5,8H2,1-3H3,(H,17,22). The number of aliphatic hydroxyl groups is 1. The molecular weight excluding hydrogens is 282 g/mol. The number of aliphatic hydroxyl groups excluding tert-OH is 1. The number of pyridine rings is 1. The summed E-state index contributed by atoms with van der Waals surface area (Å²) >= 11 is 0. The number of carbonyl (C=O) groups excluding carboxylic acids is 1. The molecule has 3 rings (SSSR count). The van der Waals surface area contributed by atoms with Gasteiger partial charge in [0.1, 0.15) is 0 Å². The highest BCUT2D eigenvalue weighted by molar-refractivity contribution is 5.91. The van der Waals surface area contributed by atoms with Crippen LogP contribution in [0.4, 0.5) is 10.5 Å². The van der Waals surface area contributed by atoms with E-state index in [-0.39, 0.29) is 6.03 Å². The number of amides is 2. The maximum atomic E-state index is 12.2. The third-order valence-corrected chi connectivity index (χ3v) is 4.09. The van der Waals surface area contributed by atoms with E-state index in [4.69, 9.17) is 0 Å². The molecule has 0 saturated heterocycles. The Morgan fingerprint density at radius 3 is 3.00 bits per heavy atom. The molecule has 1 fully saturated rings. The SMILES string of the molecule is Cc1nn(C)c2ncc(NC(=O)N(C)CC(O)C3CC3)cc12. The van der Waals surface area contributed by atoms with Crippen molar-refractivity contribution in [2.75, 3.05) is 18.9 Å². The quantitative estimate of drug-likeness (QED) is 0.897. The lowest BCUT2D eigenvalue weighted by molar-refractivity contribution is 0.117. The van der Waals surface area contributed by atoms with Gasteiger partial charge in [-0.3, -0.25) is 4.68 Å². The van der Waals surface area contributed by atoms with Crippen LogP contribution >= 0.6 is 0 Å². The summed E-state index contributed by atoms with van der Waals surface area (Å²) in [5, 5.41) is 17.9. The number of hydrogen-bond acceptors (Lipinski definition) is 4. The summed E-state index contributed by atoms with van der Waals surface area (Å²) in [4.78, 5) is 18.0. The second-order valence-electron chi connectivity index (χ2n) is 6.02. The Morgan fingerprint density at radius 2 is 2.32 bits per heavy atom. The Morgan fingerprint density at radius 1 is 1.59 bits per heavy atom. The number of hydrogen-bond donors (Lipinski definition) is 2. The molecule has 0 aliphatic heterocycles. The second-order valence-corrected chi connectivity index (χ2v) is 6.02. The van der Waals surface area contributed by atoms with Crippen molar-refractivity contribution in [3.8, 4) is 0 Å². The molecule has 1 aliphatic carbocycles. The lowest BCUT2D eigenvalue weighted by Gasteiger charge is -2.21. The first-order chi connectivity index (χ1) is 10.5. The van der Waals surface area contributed by atoms with Gasteiger partial charge in [-0.15, -0.1) is 0 Å². The van der Waals surface area contributed by atoms with E-state index < -0.39 is 6.10 Å². The van der Waals surface area contributed by atoms with E-state index in [1.807, 2.05) is 20.0 Å². The van der Waals surface area contributed by atoms with E-state index in [1.54, 1.807) is 17.9 Å². The molecule has 1 saturated carbocycles. The van der Waals surface area contributed by atoms with Gasteiger partial charge in [-0.05, 0) is 31.7 Å². The Kier molecular flexibility index (Phi) is 3.74. The molecule has 1 unspecified atom stereocenters. The zero-order chi connectivity index (χ0) is 15.9. The average Bonchev–Trinajstić information content (AvgIpc) is 3.27. The van der Waals surface area contributed by atoms with Crippen molar-refractivity contribution in [3.05, 3.63) is 18.0 Å². The van der Waals surface area contributed by atoms with Crippen molar-refractivity contribution in [1.82, 2.24) is 19.7 Å². The second kappa shape index (κ2) is 5.57. The van der Waals surface area contributed by atoms with Crippen LogP contribution in [0, 0.1) is 12.8 Å². The van der Waals surface area contributed by atoms with Crippen molar-refractivity contribution in [1.29, 1.82) is 0 Å². The van der Waals surface area contributed by atoms with Gasteiger partial charge in [0.05, 0.1) is 23.7 Å². The van der Waals surface area contributed by atoms with Gasteiger partial charge in [0.2, 0.25) is 0 Å². The number of anilines is 1. The number of nitrogens with zero attached hydrogens (tertiary/aromatic N) is 4. The third-order valence-electron chi connectivity index (χ3n) is 4.09. The number of aromatic nitrogens is 3. The number of likely N-dealkylation sites (N-methyl/N-ethyl adjacent to an activating group) is 1. The predicted octanol–water partition coefficient (Wildman–Crippen LogP) is 1.51. The van der Waals surface area contributed by atoms with Crippen molar-refractivity contribution >= 4 is 22.8 Å². The first kappa shape index (κ1) is 14.8. The van der Waals surface area contributed by atoms with Gasteiger partial charge in [0.15, 0.2) is 5.65 Å². The summed E-state index contributed by atoms with van der Waals surface area (Å²) in [6.07, 6.45) is 3.29. The van der Waals surface area contributed by atoms with E-state index >= 15 is 0 Å². The summed E-state index contributed by atoms with van der Waals surface area (Å²) in [6, 6.07) is 1.62. The van der Waals surface area contributed by atoms with E-state index in [1.165, 1.54) is 4.90 Å². The highest BCUT2D eigenvalue weighted by Crippen LogP contribution is 2.32. The lowest BCUT2D eigenvalue weighted by Crippen LogP contribution is -2.38. The van der Waals surface area contributed by atoms with Crippen molar-refractivity contribution in [2.45, 2.75) is 25.9 Å². The number of nitrogens with one attached hydrogen (secondary N) is 1. The molecule has 1 aliphatic rings. The fourth-order valence-electron chi connectivity index (χ4n) is 2.59. The lowest BCUT2D eigenvalue weighted by atomic mass is 10.2. The molecule has 0 aromatic carbocycles. The number of urea groups is 1. The highest BCUT2D eigenvalue weighted by Gasteiger charge is 2.31. The minimum Gasteiger partial charge on any atom is -0.391 e. The number of fused-ring (bicyclic) bond motifs is 1. The van der Waals surface area contributed by atoms with Crippen LogP contribution in [0.3, 0.4) is 0 Å². The Bertz CT molecular complexity index is 707. The molecule has 2 N–H and O–H groups in total. The van der Waals surface area contributed by atoms with E-state index in [2.05, 4.69) is 15.4 Å². The Hall–Kier alpha value is -2.15. The van der Waals surface area contributed by atoms with Gasteiger partial charge in [-0.2, -0.15) is 5.10 Å². The van der Waals surface area contributed by atoms with Crippen LogP contribution in [-0.2, 0) is 7.05 Å². The van der Waals surface area contributed by atoms with E-state index in [9.17, 15) is 9.90 Å². The topological polar surface area (TPSA) is 83.3 Å². The first-order valence-electron chi connectivity index (χ1n) is 7.45. The molecule has 2 heterocycles. The molecule has 0 spiro atoms. The summed E-state index contributed by atoms with van der Waals surface area (Å²) in [5.74, 6) is 0.353. The van der Waals surface area contributed by atoms with Gasteiger partial charge in [-0.25, -0.2) is 9.78 Å². The van der Waals surface area contributed by atoms with Gasteiger partial charge in [-0.1, -0.05) is 0 Å². The molecule has 0 radical (unpaired) electrons. The minimum atomic E-state index is -0.433. The van der Waals surface area contributed by atoms with Crippen LogP contribution in [-0.4, -0.2) is 50.5 Å². The predicted molar refractivity (Wildman–Crippen MR) is 83.6 cm³/mol. The smallest absolute Gasteiger partial charge is 0.321 e. The summed E-state index contributed by atoms with van der Waals surface area (Å²) < 4.78 is 1.72. The van der Waals surface area contributed by atoms with Crippen molar-refractivity contribution in [3.63, 3.8) is 0 Å². The van der Waals surface area contributed by atoms with Crippen molar-refractivity contribution < 1.29 is 9.90 Å². The molecule has 7 heteroatoms. The largest absolute Gasteiger partial charge is 0.391 e. The molecule has 2 amide bonds. The summed E-state index contributed by atoms with van der Waals surface area (Å²) in [6.45, 7) is 2.26. The zero-order valence-corrected chi connectivity index (χ0v) is 13.1. The monoisotopic (exact) mass is 303 g/mol. The van der Waals surface area contributed by atoms with E-state index in [0.29, 0.717) is 18.2 Å². The third kappa shape index (κ3) is 2.89. The molecule has 0 bridgehead atoms. The average molecular weight is 303 g/mol. The summed E-state index contributed by atoms with van der Waals surface area (Å²) in [7, 11) is 3.52. The maximum Gasteiger partial charge on any atom is 0.321 e. The molecule has 118 valence electrons. The van der Waals surface area contributed by atoms with Gasteiger partial charge >= 0.3 is 6.03 Å².